The van der Waals surface area contributed by atoms with Crippen LogP contribution in [0, 0.1) is 6.92 Å². The molecule has 0 saturated carbocycles. The van der Waals surface area contributed by atoms with E-state index in [2.05, 4.69) is 11.4 Å². The molecule has 36 heavy (non-hydrogen) atoms. The van der Waals surface area contributed by atoms with Gasteiger partial charge in [0.05, 0.1) is 12.3 Å². The molecule has 1 aliphatic heterocycles. The van der Waals surface area contributed by atoms with E-state index in [9.17, 15) is 9.59 Å². The number of fused-ring (bicyclic) bond motifs is 1. The lowest BCUT2D eigenvalue weighted by atomic mass is 9.87. The average molecular weight is 481 g/mol. The molecule has 4 aromatic rings. The molecule has 1 atom stereocenters. The number of rotatable bonds is 7. The van der Waals surface area contributed by atoms with E-state index in [1.807, 2.05) is 78.6 Å². The molecule has 0 saturated heterocycles. The lowest BCUT2D eigenvalue weighted by molar-refractivity contribution is -0.123. The van der Waals surface area contributed by atoms with Crippen molar-refractivity contribution in [2.24, 2.45) is 0 Å². The number of ether oxygens (including phenoxy) is 1. The fourth-order valence-corrected chi connectivity index (χ4v) is 4.64. The maximum Gasteiger partial charge on any atom is 0.290 e. The molecule has 5 rings (SSSR count). The van der Waals surface area contributed by atoms with Crippen LogP contribution in [0.5, 0.6) is 5.75 Å². The summed E-state index contributed by atoms with van der Waals surface area (Å²) in [6, 6.07) is 26.9. The van der Waals surface area contributed by atoms with E-state index in [-0.39, 0.29) is 24.5 Å². The van der Waals surface area contributed by atoms with Gasteiger partial charge in [0.1, 0.15) is 5.75 Å². The summed E-state index contributed by atoms with van der Waals surface area (Å²) in [5.74, 6) is 0.567. The summed E-state index contributed by atoms with van der Waals surface area (Å²) in [4.78, 5) is 27.6. The van der Waals surface area contributed by atoms with Crippen molar-refractivity contribution in [3.63, 3.8) is 0 Å². The molecular formula is C30H28N2O4. The first-order valence-corrected chi connectivity index (χ1v) is 12.1. The summed E-state index contributed by atoms with van der Waals surface area (Å²) in [6.07, 6.45) is 2.24. The van der Waals surface area contributed by atoms with E-state index in [4.69, 9.17) is 9.15 Å². The molecule has 2 heterocycles. The lowest BCUT2D eigenvalue weighted by Crippen LogP contribution is -2.40. The minimum atomic E-state index is -0.290. The van der Waals surface area contributed by atoms with Crippen molar-refractivity contribution in [2.45, 2.75) is 25.9 Å². The summed E-state index contributed by atoms with van der Waals surface area (Å²) >= 11 is 0. The highest BCUT2D eigenvalue weighted by molar-refractivity contribution is 5.92. The second-order valence-electron chi connectivity index (χ2n) is 8.95. The van der Waals surface area contributed by atoms with Gasteiger partial charge in [-0.25, -0.2) is 0 Å². The van der Waals surface area contributed by atoms with Crippen LogP contribution in [0.2, 0.25) is 0 Å². The molecule has 3 aromatic carbocycles. The number of hydrogen-bond donors (Lipinski definition) is 1. The quantitative estimate of drug-likeness (QED) is 0.401. The minimum Gasteiger partial charge on any atom is -0.484 e. The van der Waals surface area contributed by atoms with Crippen molar-refractivity contribution in [3.8, 4) is 5.75 Å². The van der Waals surface area contributed by atoms with Crippen molar-refractivity contribution in [2.75, 3.05) is 13.2 Å². The van der Waals surface area contributed by atoms with E-state index in [1.165, 1.54) is 6.26 Å². The summed E-state index contributed by atoms with van der Waals surface area (Å²) in [5.41, 5.74) is 5.32. The van der Waals surface area contributed by atoms with Crippen LogP contribution in [0.25, 0.3) is 0 Å². The molecule has 1 aliphatic rings. The maximum absolute atomic E-state index is 13.4. The highest BCUT2D eigenvalue weighted by Crippen LogP contribution is 2.38. The summed E-state index contributed by atoms with van der Waals surface area (Å²) in [5, 5.41) is 2.88. The van der Waals surface area contributed by atoms with Gasteiger partial charge in [-0.15, -0.1) is 0 Å². The highest BCUT2D eigenvalue weighted by atomic mass is 16.5. The molecular weight excluding hydrogens is 452 g/mol. The summed E-state index contributed by atoms with van der Waals surface area (Å²) < 4.78 is 11.3. The third-order valence-corrected chi connectivity index (χ3v) is 6.40. The highest BCUT2D eigenvalue weighted by Gasteiger charge is 2.34. The van der Waals surface area contributed by atoms with Crippen LogP contribution in [-0.2, 0) is 17.8 Å². The topological polar surface area (TPSA) is 71.8 Å². The van der Waals surface area contributed by atoms with E-state index < -0.39 is 0 Å². The molecule has 0 radical (unpaired) electrons. The number of nitrogens with one attached hydrogen (secondary N) is 1. The number of carbonyl (C=O) groups excluding carboxylic acids is 2. The molecule has 0 fully saturated rings. The summed E-state index contributed by atoms with van der Waals surface area (Å²) in [7, 11) is 0. The second-order valence-corrected chi connectivity index (χ2v) is 8.95. The Balaban J connectivity index is 1.37. The average Bonchev–Trinajstić information content (AvgIpc) is 3.45. The van der Waals surface area contributed by atoms with Crippen LogP contribution in [0.4, 0.5) is 0 Å². The number of furan rings is 1. The minimum absolute atomic E-state index is 0.0875. The van der Waals surface area contributed by atoms with Gasteiger partial charge in [-0.1, -0.05) is 66.2 Å². The molecule has 1 aromatic heterocycles. The SMILES string of the molecule is Cc1cccc(C2c3cc(OCC(=O)NCc4ccccc4)ccc3CCN2C(=O)c2ccco2)c1. The van der Waals surface area contributed by atoms with Crippen LogP contribution in [0.1, 0.15) is 44.4 Å². The standard InChI is InChI=1S/C30H28N2O4/c1-21-7-5-10-24(17-21)29-26-18-25(36-20-28(33)31-19-22-8-3-2-4-9-22)13-12-23(26)14-15-32(29)30(34)27-11-6-16-35-27/h2-13,16-18,29H,14-15,19-20H2,1H3,(H,31,33). The number of hydrogen-bond acceptors (Lipinski definition) is 4. The smallest absolute Gasteiger partial charge is 0.290 e. The molecule has 1 unspecified atom stereocenters. The third-order valence-electron chi connectivity index (χ3n) is 6.40. The van der Waals surface area contributed by atoms with Gasteiger partial charge in [0.2, 0.25) is 0 Å². The van der Waals surface area contributed by atoms with Gasteiger partial charge in [-0.05, 0) is 59.9 Å². The Bertz CT molecular complexity index is 1350. The number of amides is 2. The van der Waals surface area contributed by atoms with Gasteiger partial charge < -0.3 is 19.4 Å². The predicted octanol–water partition coefficient (Wildman–Crippen LogP) is 5.07. The van der Waals surface area contributed by atoms with Gasteiger partial charge >= 0.3 is 0 Å². The van der Waals surface area contributed by atoms with Crippen molar-refractivity contribution < 1.29 is 18.7 Å². The van der Waals surface area contributed by atoms with Crippen LogP contribution in [0.3, 0.4) is 0 Å². The number of aryl methyl sites for hydroxylation is 1. The molecule has 0 bridgehead atoms. The van der Waals surface area contributed by atoms with Gasteiger partial charge in [0.15, 0.2) is 12.4 Å². The largest absolute Gasteiger partial charge is 0.484 e. The van der Waals surface area contributed by atoms with Crippen molar-refractivity contribution in [3.05, 3.63) is 125 Å². The number of benzene rings is 3. The number of nitrogens with zero attached hydrogens (tertiary/aromatic N) is 1. The molecule has 0 aliphatic carbocycles. The Morgan fingerprint density at radius 1 is 1.00 bits per heavy atom. The molecule has 6 heteroatoms. The van der Waals surface area contributed by atoms with Crippen LogP contribution < -0.4 is 10.1 Å². The molecule has 0 spiro atoms. The van der Waals surface area contributed by atoms with Crippen LogP contribution in [-0.4, -0.2) is 29.9 Å². The van der Waals surface area contributed by atoms with Gasteiger partial charge in [0, 0.05) is 13.1 Å². The van der Waals surface area contributed by atoms with Gasteiger partial charge in [-0.2, -0.15) is 0 Å². The Morgan fingerprint density at radius 2 is 1.86 bits per heavy atom. The second kappa shape index (κ2) is 10.5. The zero-order chi connectivity index (χ0) is 24.9. The third kappa shape index (κ3) is 5.18. The first kappa shape index (κ1) is 23.4. The maximum atomic E-state index is 13.4. The summed E-state index contributed by atoms with van der Waals surface area (Å²) in [6.45, 7) is 2.98. The van der Waals surface area contributed by atoms with E-state index in [1.54, 1.807) is 12.1 Å². The van der Waals surface area contributed by atoms with Crippen LogP contribution >= 0.6 is 0 Å². The zero-order valence-electron chi connectivity index (χ0n) is 20.1. The van der Waals surface area contributed by atoms with E-state index in [0.29, 0.717) is 24.6 Å². The Kier molecular flexibility index (Phi) is 6.85. The fourth-order valence-electron chi connectivity index (χ4n) is 4.64. The van der Waals surface area contributed by atoms with Gasteiger partial charge in [0.25, 0.3) is 11.8 Å². The van der Waals surface area contributed by atoms with Crippen molar-refractivity contribution in [1.82, 2.24) is 10.2 Å². The normalized spacial score (nSPS) is 14.7. The Morgan fingerprint density at radius 3 is 2.64 bits per heavy atom. The van der Waals surface area contributed by atoms with E-state index >= 15 is 0 Å². The first-order chi connectivity index (χ1) is 17.6. The monoisotopic (exact) mass is 480 g/mol. The molecule has 6 nitrogen and oxygen atoms in total. The molecule has 2 amide bonds. The Hall–Kier alpha value is -4.32. The van der Waals surface area contributed by atoms with E-state index in [0.717, 1.165) is 34.2 Å². The zero-order valence-corrected chi connectivity index (χ0v) is 20.1. The first-order valence-electron chi connectivity index (χ1n) is 12.1. The van der Waals surface area contributed by atoms with Crippen molar-refractivity contribution >= 4 is 11.8 Å². The fraction of sp³-hybridized carbons (Fsp3) is 0.200. The Labute approximate surface area is 210 Å². The van der Waals surface area contributed by atoms with Crippen LogP contribution in [0.15, 0.2) is 95.6 Å². The number of carbonyl (C=O) groups is 2. The lowest BCUT2D eigenvalue weighted by Gasteiger charge is -2.37. The molecule has 1 N–H and O–H groups in total. The molecule has 182 valence electrons. The van der Waals surface area contributed by atoms with Crippen molar-refractivity contribution in [1.29, 1.82) is 0 Å². The predicted molar refractivity (Wildman–Crippen MR) is 137 cm³/mol. The van der Waals surface area contributed by atoms with Gasteiger partial charge in [-0.3, -0.25) is 9.59 Å².